The smallest absolute Gasteiger partial charge is 0.422 e. The van der Waals surface area contributed by atoms with Crippen molar-refractivity contribution >= 4 is 11.6 Å². The summed E-state index contributed by atoms with van der Waals surface area (Å²) < 4.78 is 47.1. The summed E-state index contributed by atoms with van der Waals surface area (Å²) in [7, 11) is 5.09. The molecule has 0 saturated carbocycles. The predicted octanol–water partition coefficient (Wildman–Crippen LogP) is 3.58. The first-order chi connectivity index (χ1) is 14.5. The normalized spacial score (nSPS) is 12.4. The number of nitrogens with zero attached hydrogens (tertiary/aromatic N) is 2. The average Bonchev–Trinajstić information content (AvgIpc) is 2.71. The lowest BCUT2D eigenvalue weighted by atomic mass is 10.0. The third-order valence-corrected chi connectivity index (χ3v) is 4.39. The summed E-state index contributed by atoms with van der Waals surface area (Å²) in [6.07, 6.45) is -4.59. The van der Waals surface area contributed by atoms with Crippen molar-refractivity contribution in [3.63, 3.8) is 0 Å². The molecular weight excluding hydrogens is 419 g/mol. The summed E-state index contributed by atoms with van der Waals surface area (Å²) in [4.78, 5) is 25.0. The summed E-state index contributed by atoms with van der Waals surface area (Å²) in [5.41, 5.74) is -0.162. The second-order valence-corrected chi connectivity index (χ2v) is 6.77. The van der Waals surface area contributed by atoms with Gasteiger partial charge in [-0.2, -0.15) is 13.2 Å². The van der Waals surface area contributed by atoms with Crippen LogP contribution in [0.2, 0.25) is 0 Å². The number of nitro benzene ring substituents is 1. The Hall–Kier alpha value is -3.34. The van der Waals surface area contributed by atoms with E-state index in [-0.39, 0.29) is 18.3 Å². The molecular formula is C20H22F3N3O5. The summed E-state index contributed by atoms with van der Waals surface area (Å²) >= 11 is 0. The van der Waals surface area contributed by atoms with E-state index in [9.17, 15) is 28.1 Å². The Morgan fingerprint density at radius 2 is 1.90 bits per heavy atom. The minimum atomic E-state index is -4.59. The van der Waals surface area contributed by atoms with E-state index in [4.69, 9.17) is 4.74 Å². The van der Waals surface area contributed by atoms with Crippen molar-refractivity contribution in [1.29, 1.82) is 0 Å². The van der Waals surface area contributed by atoms with Crippen LogP contribution in [0.4, 0.5) is 18.9 Å². The molecule has 0 radical (unpaired) electrons. The maximum absolute atomic E-state index is 12.7. The van der Waals surface area contributed by atoms with Crippen LogP contribution in [0.3, 0.4) is 0 Å². The molecule has 0 aliphatic carbocycles. The molecule has 0 heterocycles. The van der Waals surface area contributed by atoms with Crippen LogP contribution in [0.1, 0.15) is 22.0 Å². The van der Waals surface area contributed by atoms with Gasteiger partial charge in [0.05, 0.1) is 18.1 Å². The van der Waals surface area contributed by atoms with Crippen molar-refractivity contribution in [2.75, 3.05) is 34.4 Å². The van der Waals surface area contributed by atoms with Gasteiger partial charge in [-0.15, -0.1) is 0 Å². The molecule has 1 N–H and O–H groups in total. The molecule has 0 aliphatic heterocycles. The molecule has 2 rings (SSSR count). The number of carbonyl (C=O) groups excluding carboxylic acids is 1. The lowest BCUT2D eigenvalue weighted by Gasteiger charge is -2.26. The Labute approximate surface area is 176 Å². The van der Waals surface area contributed by atoms with Crippen molar-refractivity contribution in [2.45, 2.75) is 12.2 Å². The van der Waals surface area contributed by atoms with E-state index in [1.165, 1.54) is 7.11 Å². The van der Waals surface area contributed by atoms with Gasteiger partial charge in [0.25, 0.3) is 11.6 Å². The molecule has 0 spiro atoms. The first-order valence-corrected chi connectivity index (χ1v) is 9.09. The van der Waals surface area contributed by atoms with Crippen LogP contribution in [0, 0.1) is 10.1 Å². The van der Waals surface area contributed by atoms with Crippen LogP contribution in [0.15, 0.2) is 42.5 Å². The summed E-state index contributed by atoms with van der Waals surface area (Å²) in [6.45, 7) is -1.51. The van der Waals surface area contributed by atoms with Crippen molar-refractivity contribution < 1.29 is 32.4 Å². The van der Waals surface area contributed by atoms with Gasteiger partial charge in [0.1, 0.15) is 17.1 Å². The zero-order valence-electron chi connectivity index (χ0n) is 17.1. The zero-order valence-corrected chi connectivity index (χ0v) is 17.1. The fourth-order valence-corrected chi connectivity index (χ4v) is 2.91. The molecule has 1 unspecified atom stereocenters. The second kappa shape index (κ2) is 10.1. The number of nitro groups is 1. The zero-order chi connectivity index (χ0) is 23.2. The fourth-order valence-electron chi connectivity index (χ4n) is 2.91. The van der Waals surface area contributed by atoms with Gasteiger partial charge < -0.3 is 19.7 Å². The maximum Gasteiger partial charge on any atom is 0.422 e. The number of methoxy groups -OCH3 is 1. The number of para-hydroxylation sites is 1. The molecule has 8 nitrogen and oxygen atoms in total. The van der Waals surface area contributed by atoms with E-state index in [0.29, 0.717) is 5.75 Å². The summed E-state index contributed by atoms with van der Waals surface area (Å²) in [5.74, 6) is -0.517. The van der Waals surface area contributed by atoms with Gasteiger partial charge in [0, 0.05) is 18.2 Å². The Morgan fingerprint density at radius 3 is 2.48 bits per heavy atom. The molecule has 2 aromatic carbocycles. The molecule has 11 heteroatoms. The number of ether oxygens (including phenoxy) is 2. The van der Waals surface area contributed by atoms with Crippen LogP contribution in [-0.2, 0) is 0 Å². The minimum absolute atomic E-state index is 0.0665. The number of rotatable bonds is 9. The van der Waals surface area contributed by atoms with Gasteiger partial charge in [-0.3, -0.25) is 14.9 Å². The SMILES string of the molecule is COc1ccccc1C(CNC(=O)c1cc(OCC(F)(F)F)ccc1[N+](=O)[O-])N(C)C. The van der Waals surface area contributed by atoms with Crippen molar-refractivity contribution in [1.82, 2.24) is 10.2 Å². The predicted molar refractivity (Wildman–Crippen MR) is 106 cm³/mol. The van der Waals surface area contributed by atoms with E-state index in [1.807, 2.05) is 17.0 Å². The van der Waals surface area contributed by atoms with E-state index in [1.54, 1.807) is 26.2 Å². The van der Waals surface area contributed by atoms with E-state index >= 15 is 0 Å². The highest BCUT2D eigenvalue weighted by atomic mass is 19.4. The lowest BCUT2D eigenvalue weighted by Crippen LogP contribution is -2.35. The van der Waals surface area contributed by atoms with Crippen LogP contribution in [0.25, 0.3) is 0 Å². The highest BCUT2D eigenvalue weighted by Gasteiger charge is 2.29. The largest absolute Gasteiger partial charge is 0.496 e. The van der Waals surface area contributed by atoms with Crippen LogP contribution in [0.5, 0.6) is 11.5 Å². The first kappa shape index (κ1) is 23.9. The first-order valence-electron chi connectivity index (χ1n) is 9.09. The number of halogens is 3. The van der Waals surface area contributed by atoms with Gasteiger partial charge in [-0.05, 0) is 32.3 Å². The molecule has 0 bridgehead atoms. The minimum Gasteiger partial charge on any atom is -0.496 e. The third-order valence-electron chi connectivity index (χ3n) is 4.39. The Morgan fingerprint density at radius 1 is 1.23 bits per heavy atom. The fraction of sp³-hybridized carbons (Fsp3) is 0.350. The highest BCUT2D eigenvalue weighted by Crippen LogP contribution is 2.29. The average molecular weight is 441 g/mol. The number of amides is 1. The van der Waals surface area contributed by atoms with Gasteiger partial charge >= 0.3 is 6.18 Å². The highest BCUT2D eigenvalue weighted by molar-refractivity contribution is 5.98. The molecule has 0 aromatic heterocycles. The number of benzene rings is 2. The Bertz CT molecular complexity index is 935. The molecule has 0 saturated heterocycles. The molecule has 2 aromatic rings. The number of nitrogens with one attached hydrogen (secondary N) is 1. The molecule has 31 heavy (non-hydrogen) atoms. The Kier molecular flexibility index (Phi) is 7.81. The maximum atomic E-state index is 12.7. The Balaban J connectivity index is 2.25. The number of alkyl halides is 3. The van der Waals surface area contributed by atoms with Crippen LogP contribution >= 0.6 is 0 Å². The van der Waals surface area contributed by atoms with Gasteiger partial charge in [0.15, 0.2) is 6.61 Å². The quantitative estimate of drug-likeness (QED) is 0.472. The van der Waals surface area contributed by atoms with E-state index < -0.39 is 34.9 Å². The molecule has 1 atom stereocenters. The molecule has 1 amide bonds. The lowest BCUT2D eigenvalue weighted by molar-refractivity contribution is -0.385. The summed E-state index contributed by atoms with van der Waals surface area (Å²) in [6, 6.07) is 9.73. The van der Waals surface area contributed by atoms with Crippen LogP contribution in [-0.4, -0.2) is 56.3 Å². The third kappa shape index (κ3) is 6.57. The second-order valence-electron chi connectivity index (χ2n) is 6.77. The van der Waals surface area contributed by atoms with Crippen molar-refractivity contribution in [2.24, 2.45) is 0 Å². The molecule has 0 fully saturated rings. The number of hydrogen-bond donors (Lipinski definition) is 1. The van der Waals surface area contributed by atoms with Gasteiger partial charge in [-0.25, -0.2) is 0 Å². The number of carbonyl (C=O) groups is 1. The standard InChI is InChI=1S/C20H22F3N3O5/c1-25(2)17(14-6-4-5-7-18(14)30-3)11-24-19(27)15-10-13(31-12-20(21,22)23)8-9-16(15)26(28)29/h4-10,17H,11-12H2,1-3H3,(H,24,27). The monoisotopic (exact) mass is 441 g/mol. The molecule has 168 valence electrons. The van der Waals surface area contributed by atoms with Gasteiger partial charge in [-0.1, -0.05) is 18.2 Å². The van der Waals surface area contributed by atoms with Crippen molar-refractivity contribution in [3.8, 4) is 11.5 Å². The summed E-state index contributed by atoms with van der Waals surface area (Å²) in [5, 5.41) is 13.9. The van der Waals surface area contributed by atoms with Gasteiger partial charge in [0.2, 0.25) is 0 Å². The topological polar surface area (TPSA) is 93.9 Å². The number of hydrogen-bond acceptors (Lipinski definition) is 6. The van der Waals surface area contributed by atoms with Crippen molar-refractivity contribution in [3.05, 3.63) is 63.7 Å². The number of likely N-dealkylation sites (N-methyl/N-ethyl adjacent to an activating group) is 1. The molecule has 0 aliphatic rings. The van der Waals surface area contributed by atoms with E-state index in [0.717, 1.165) is 23.8 Å². The van der Waals surface area contributed by atoms with Crippen LogP contribution < -0.4 is 14.8 Å². The van der Waals surface area contributed by atoms with E-state index in [2.05, 4.69) is 10.1 Å².